The summed E-state index contributed by atoms with van der Waals surface area (Å²) in [5, 5.41) is 0. The molecule has 9 heavy (non-hydrogen) atoms. The van der Waals surface area contributed by atoms with Crippen molar-refractivity contribution in [2.75, 3.05) is 0 Å². The molecule has 0 N–H and O–H groups in total. The van der Waals surface area contributed by atoms with Gasteiger partial charge in [0.2, 0.25) is 0 Å². The van der Waals surface area contributed by atoms with Gasteiger partial charge < -0.3 is 4.74 Å². The number of rotatable bonds is 3. The predicted molar refractivity (Wildman–Crippen MR) is 44.9 cm³/mol. The van der Waals surface area contributed by atoms with E-state index >= 15 is 0 Å². The van der Waals surface area contributed by atoms with Crippen molar-refractivity contribution in [2.45, 2.75) is 45.4 Å². The van der Waals surface area contributed by atoms with Gasteiger partial charge in [-0.2, -0.15) is 0 Å². The largest absolute Gasteiger partial charge is 0.377 e. The Morgan fingerprint density at radius 3 is 2.11 bits per heavy atom. The van der Waals surface area contributed by atoms with Crippen LogP contribution in [0.15, 0.2) is 0 Å². The van der Waals surface area contributed by atoms with Gasteiger partial charge in [0.05, 0.1) is 5.60 Å². The highest BCUT2D eigenvalue weighted by molar-refractivity contribution is 6.10. The summed E-state index contributed by atoms with van der Waals surface area (Å²) in [4.78, 5) is 0. The maximum Gasteiger partial charge on any atom is 0.0622 e. The molecule has 0 aromatic carbocycles. The Morgan fingerprint density at radius 2 is 2.00 bits per heavy atom. The lowest BCUT2D eigenvalue weighted by atomic mass is 10.1. The Labute approximate surface area is 61.2 Å². The van der Waals surface area contributed by atoms with Gasteiger partial charge in [-0.25, -0.2) is 0 Å². The highest BCUT2D eigenvalue weighted by Crippen LogP contribution is 2.14. The summed E-state index contributed by atoms with van der Waals surface area (Å²) in [5.41, 5.74) is 0.584. The molecule has 2 heteroatoms. The zero-order valence-electron chi connectivity index (χ0n) is 7.19. The van der Waals surface area contributed by atoms with Crippen LogP contribution in [0.25, 0.3) is 0 Å². The first-order valence-electron chi connectivity index (χ1n) is 3.66. The SMILES string of the molecule is CCC(C)(C)OC(C)[SiH3]. The Bertz CT molecular complexity index is 79.0. The third kappa shape index (κ3) is 4.67. The van der Waals surface area contributed by atoms with E-state index in [-0.39, 0.29) is 5.60 Å². The normalized spacial score (nSPS) is 16.0. The molecule has 1 atom stereocenters. The number of hydrogen-bond acceptors (Lipinski definition) is 1. The van der Waals surface area contributed by atoms with E-state index in [1.165, 1.54) is 0 Å². The summed E-state index contributed by atoms with van der Waals surface area (Å²) in [7, 11) is 1.13. The zero-order chi connectivity index (χ0) is 7.49. The second kappa shape index (κ2) is 3.37. The highest BCUT2D eigenvalue weighted by Gasteiger charge is 2.15. The van der Waals surface area contributed by atoms with Gasteiger partial charge in [-0.3, -0.25) is 0 Å². The van der Waals surface area contributed by atoms with Crippen molar-refractivity contribution < 1.29 is 4.74 Å². The fourth-order valence-electron chi connectivity index (χ4n) is 0.721. The lowest BCUT2D eigenvalue weighted by molar-refractivity contribution is -0.0318. The quantitative estimate of drug-likeness (QED) is 0.538. The van der Waals surface area contributed by atoms with E-state index in [0.717, 1.165) is 16.7 Å². The lowest BCUT2D eigenvalue weighted by Gasteiger charge is -2.26. The van der Waals surface area contributed by atoms with E-state index in [9.17, 15) is 0 Å². The summed E-state index contributed by atoms with van der Waals surface area (Å²) < 4.78 is 5.65. The number of hydrogen-bond donors (Lipinski definition) is 0. The molecule has 0 aliphatic heterocycles. The average molecular weight is 146 g/mol. The molecular weight excluding hydrogens is 128 g/mol. The maximum atomic E-state index is 5.65. The molecule has 56 valence electrons. The van der Waals surface area contributed by atoms with E-state index in [1.807, 2.05) is 0 Å². The first-order chi connectivity index (χ1) is 3.98. The average Bonchev–Trinajstić information content (AvgIpc) is 1.63. The fourth-order valence-corrected chi connectivity index (χ4v) is 1.36. The van der Waals surface area contributed by atoms with Crippen LogP contribution in [-0.2, 0) is 4.74 Å². The Balaban J connectivity index is 3.58. The smallest absolute Gasteiger partial charge is 0.0622 e. The van der Waals surface area contributed by atoms with Gasteiger partial charge >= 0.3 is 0 Å². The first kappa shape index (κ1) is 9.18. The second-order valence-electron chi connectivity index (χ2n) is 3.28. The van der Waals surface area contributed by atoms with Crippen LogP contribution in [0.5, 0.6) is 0 Å². The minimum Gasteiger partial charge on any atom is -0.377 e. The van der Waals surface area contributed by atoms with Crippen molar-refractivity contribution in [3.05, 3.63) is 0 Å². The van der Waals surface area contributed by atoms with E-state index in [2.05, 4.69) is 27.7 Å². The molecular formula is C7H18OSi. The van der Waals surface area contributed by atoms with Crippen molar-refractivity contribution >= 4 is 10.2 Å². The number of ether oxygens (including phenoxy) is 1. The Hall–Kier alpha value is 0.177. The van der Waals surface area contributed by atoms with Crippen LogP contribution < -0.4 is 0 Å². The van der Waals surface area contributed by atoms with Crippen LogP contribution in [0, 0.1) is 0 Å². The van der Waals surface area contributed by atoms with E-state index in [0.29, 0.717) is 5.73 Å². The molecule has 0 radical (unpaired) electrons. The third-order valence-electron chi connectivity index (χ3n) is 1.41. The molecule has 0 spiro atoms. The molecule has 0 heterocycles. The first-order valence-corrected chi connectivity index (χ1v) is 4.81. The van der Waals surface area contributed by atoms with E-state index < -0.39 is 0 Å². The highest BCUT2D eigenvalue weighted by atomic mass is 28.1. The fraction of sp³-hybridized carbons (Fsp3) is 1.00. The molecule has 0 fully saturated rings. The molecule has 0 bridgehead atoms. The van der Waals surface area contributed by atoms with Gasteiger partial charge in [0.1, 0.15) is 0 Å². The maximum absolute atomic E-state index is 5.65. The molecule has 0 rings (SSSR count). The van der Waals surface area contributed by atoms with Crippen LogP contribution in [-0.4, -0.2) is 21.6 Å². The van der Waals surface area contributed by atoms with E-state index in [4.69, 9.17) is 4.74 Å². The van der Waals surface area contributed by atoms with Gasteiger partial charge in [0.25, 0.3) is 0 Å². The Kier molecular flexibility index (Phi) is 3.44. The minimum absolute atomic E-state index is 0.0984. The van der Waals surface area contributed by atoms with Gasteiger partial charge in [0, 0.05) is 16.0 Å². The van der Waals surface area contributed by atoms with Crippen molar-refractivity contribution in [3.8, 4) is 0 Å². The van der Waals surface area contributed by atoms with E-state index in [1.54, 1.807) is 0 Å². The summed E-state index contributed by atoms with van der Waals surface area (Å²) in [6.45, 7) is 8.57. The zero-order valence-corrected chi connectivity index (χ0v) is 9.19. The summed E-state index contributed by atoms with van der Waals surface area (Å²) in [6, 6.07) is 0. The third-order valence-corrected chi connectivity index (χ3v) is 1.64. The molecule has 0 aliphatic carbocycles. The molecule has 1 unspecified atom stereocenters. The molecule has 0 saturated heterocycles. The molecule has 0 aliphatic rings. The monoisotopic (exact) mass is 146 g/mol. The van der Waals surface area contributed by atoms with Crippen LogP contribution in [0.2, 0.25) is 0 Å². The molecule has 0 amide bonds. The van der Waals surface area contributed by atoms with Gasteiger partial charge in [-0.1, -0.05) is 6.92 Å². The molecule has 0 aromatic rings. The predicted octanol–water partition coefficient (Wildman–Crippen LogP) is 0.903. The Morgan fingerprint density at radius 1 is 1.56 bits per heavy atom. The molecule has 0 aromatic heterocycles. The standard InChI is InChI=1S/C7H18OSi/c1-5-7(3,4)8-6(2)9/h6H,5H2,1-4,9H3. The van der Waals surface area contributed by atoms with Crippen LogP contribution in [0.3, 0.4) is 0 Å². The van der Waals surface area contributed by atoms with Crippen LogP contribution in [0.1, 0.15) is 34.1 Å². The topological polar surface area (TPSA) is 9.23 Å². The molecule has 1 nitrogen and oxygen atoms in total. The van der Waals surface area contributed by atoms with Crippen LogP contribution in [0.4, 0.5) is 0 Å². The van der Waals surface area contributed by atoms with Gasteiger partial charge in [0.15, 0.2) is 0 Å². The summed E-state index contributed by atoms with van der Waals surface area (Å²) in [5.74, 6) is 0. The second-order valence-corrected chi connectivity index (χ2v) is 4.91. The lowest BCUT2D eigenvalue weighted by Crippen LogP contribution is -2.28. The van der Waals surface area contributed by atoms with Crippen molar-refractivity contribution in [1.82, 2.24) is 0 Å². The van der Waals surface area contributed by atoms with Gasteiger partial charge in [-0.05, 0) is 27.2 Å². The summed E-state index contributed by atoms with van der Waals surface area (Å²) in [6.07, 6.45) is 1.10. The summed E-state index contributed by atoms with van der Waals surface area (Å²) >= 11 is 0. The van der Waals surface area contributed by atoms with Crippen molar-refractivity contribution in [3.63, 3.8) is 0 Å². The molecule has 0 saturated carbocycles. The van der Waals surface area contributed by atoms with Gasteiger partial charge in [-0.15, -0.1) is 0 Å². The minimum atomic E-state index is 0.0984. The van der Waals surface area contributed by atoms with Crippen molar-refractivity contribution in [1.29, 1.82) is 0 Å². The van der Waals surface area contributed by atoms with Crippen molar-refractivity contribution in [2.24, 2.45) is 0 Å². The van der Waals surface area contributed by atoms with Crippen LogP contribution >= 0.6 is 0 Å².